The van der Waals surface area contributed by atoms with Crippen molar-refractivity contribution in [2.45, 2.75) is 12.5 Å². The Labute approximate surface area is 131 Å². The molecule has 0 bridgehead atoms. The predicted molar refractivity (Wildman–Crippen MR) is 85.1 cm³/mol. The van der Waals surface area contributed by atoms with E-state index in [0.717, 1.165) is 0 Å². The van der Waals surface area contributed by atoms with E-state index in [-0.39, 0.29) is 18.4 Å². The maximum Gasteiger partial charge on any atom is 0.247 e. The van der Waals surface area contributed by atoms with Crippen LogP contribution < -0.4 is 5.73 Å². The van der Waals surface area contributed by atoms with E-state index in [2.05, 4.69) is 0 Å². The number of likely N-dealkylation sites (N-methyl/N-ethyl adjacent to an activating group) is 1. The highest BCUT2D eigenvalue weighted by atomic mass is 16.5. The van der Waals surface area contributed by atoms with E-state index in [1.54, 1.807) is 40.3 Å². The van der Waals surface area contributed by atoms with Gasteiger partial charge in [-0.1, -0.05) is 30.3 Å². The Hall–Kier alpha value is -1.92. The number of amides is 2. The van der Waals surface area contributed by atoms with E-state index in [0.29, 0.717) is 18.7 Å². The molecule has 6 nitrogen and oxygen atoms in total. The van der Waals surface area contributed by atoms with Crippen molar-refractivity contribution in [3.05, 3.63) is 35.9 Å². The van der Waals surface area contributed by atoms with Crippen molar-refractivity contribution in [2.24, 2.45) is 5.73 Å². The van der Waals surface area contributed by atoms with Crippen molar-refractivity contribution >= 4 is 11.8 Å². The molecule has 0 radical (unpaired) electrons. The molecular weight excluding hydrogens is 282 g/mol. The summed E-state index contributed by atoms with van der Waals surface area (Å²) < 4.78 is 5.02. The molecule has 0 aliphatic heterocycles. The van der Waals surface area contributed by atoms with Crippen LogP contribution in [0.4, 0.5) is 0 Å². The molecule has 0 heterocycles. The number of nitrogens with zero attached hydrogens (tertiary/aromatic N) is 2. The van der Waals surface area contributed by atoms with Gasteiger partial charge in [-0.2, -0.15) is 0 Å². The Morgan fingerprint density at radius 3 is 2.32 bits per heavy atom. The smallest absolute Gasteiger partial charge is 0.247 e. The number of hydrogen-bond donors (Lipinski definition) is 1. The lowest BCUT2D eigenvalue weighted by atomic mass is 9.91. The second-order valence-electron chi connectivity index (χ2n) is 5.58. The Morgan fingerprint density at radius 2 is 1.82 bits per heavy atom. The summed E-state index contributed by atoms with van der Waals surface area (Å²) in [5.41, 5.74) is 5.76. The number of nitrogens with two attached hydrogens (primary N) is 1. The molecule has 1 aromatic carbocycles. The number of carbonyl (C=O) groups is 2. The topological polar surface area (TPSA) is 75.9 Å². The zero-order valence-electron chi connectivity index (χ0n) is 13.7. The van der Waals surface area contributed by atoms with Gasteiger partial charge in [0, 0.05) is 27.7 Å². The third kappa shape index (κ3) is 4.54. The average Bonchev–Trinajstić information content (AvgIpc) is 2.51. The Balaban J connectivity index is 2.97. The lowest BCUT2D eigenvalue weighted by Gasteiger charge is -2.32. The average molecular weight is 307 g/mol. The molecule has 1 rings (SSSR count). The summed E-state index contributed by atoms with van der Waals surface area (Å²) in [7, 11) is 4.86. The number of ether oxygens (including phenoxy) is 1. The minimum Gasteiger partial charge on any atom is -0.383 e. The highest BCUT2D eigenvalue weighted by molar-refractivity contribution is 5.90. The van der Waals surface area contributed by atoms with Crippen LogP contribution in [0.5, 0.6) is 0 Å². The zero-order chi connectivity index (χ0) is 16.8. The molecule has 1 unspecified atom stereocenters. The van der Waals surface area contributed by atoms with E-state index in [4.69, 9.17) is 10.5 Å². The van der Waals surface area contributed by atoms with Gasteiger partial charge < -0.3 is 20.3 Å². The maximum absolute atomic E-state index is 12.8. The van der Waals surface area contributed by atoms with Gasteiger partial charge in [0.25, 0.3) is 0 Å². The molecule has 2 amide bonds. The first kappa shape index (κ1) is 18.1. The van der Waals surface area contributed by atoms with E-state index in [1.807, 2.05) is 18.2 Å². The Morgan fingerprint density at radius 1 is 1.23 bits per heavy atom. The second kappa shape index (κ2) is 7.91. The molecule has 0 aliphatic carbocycles. The first-order chi connectivity index (χ1) is 10.3. The van der Waals surface area contributed by atoms with Crippen LogP contribution in [0, 0.1) is 0 Å². The van der Waals surface area contributed by atoms with Crippen LogP contribution in [0.3, 0.4) is 0 Å². The second-order valence-corrected chi connectivity index (χ2v) is 5.58. The molecule has 2 N–H and O–H groups in total. The highest BCUT2D eigenvalue weighted by Gasteiger charge is 2.35. The zero-order valence-corrected chi connectivity index (χ0v) is 13.7. The van der Waals surface area contributed by atoms with Gasteiger partial charge in [-0.25, -0.2) is 0 Å². The number of hydrogen-bond acceptors (Lipinski definition) is 4. The molecule has 1 atom stereocenters. The summed E-state index contributed by atoms with van der Waals surface area (Å²) in [6.07, 6.45) is 0. The van der Waals surface area contributed by atoms with Gasteiger partial charge in [-0.05, 0) is 12.5 Å². The van der Waals surface area contributed by atoms with Crippen molar-refractivity contribution < 1.29 is 14.3 Å². The maximum atomic E-state index is 12.8. The van der Waals surface area contributed by atoms with E-state index in [1.165, 1.54) is 9.80 Å². The minimum atomic E-state index is -1.19. The quantitative estimate of drug-likeness (QED) is 0.792. The van der Waals surface area contributed by atoms with Crippen molar-refractivity contribution in [1.29, 1.82) is 0 Å². The van der Waals surface area contributed by atoms with Gasteiger partial charge in [0.1, 0.15) is 5.54 Å². The Kier molecular flexibility index (Phi) is 6.52. The van der Waals surface area contributed by atoms with Crippen LogP contribution in [0.1, 0.15) is 12.5 Å². The van der Waals surface area contributed by atoms with Crippen LogP contribution in [-0.4, -0.2) is 62.5 Å². The van der Waals surface area contributed by atoms with Gasteiger partial charge in [-0.15, -0.1) is 0 Å². The molecule has 0 aromatic heterocycles. The summed E-state index contributed by atoms with van der Waals surface area (Å²) >= 11 is 0. The highest BCUT2D eigenvalue weighted by Crippen LogP contribution is 2.20. The van der Waals surface area contributed by atoms with Crippen LogP contribution in [0.25, 0.3) is 0 Å². The number of benzene rings is 1. The van der Waals surface area contributed by atoms with Crippen molar-refractivity contribution in [2.75, 3.05) is 40.9 Å². The SMILES string of the molecule is COCCN(CC(=O)N(C)C)C(=O)C(C)(N)c1ccccc1. The van der Waals surface area contributed by atoms with Gasteiger partial charge in [0.05, 0.1) is 13.2 Å². The van der Waals surface area contributed by atoms with Crippen LogP contribution >= 0.6 is 0 Å². The molecular formula is C16H25N3O3. The van der Waals surface area contributed by atoms with Gasteiger partial charge >= 0.3 is 0 Å². The first-order valence-corrected chi connectivity index (χ1v) is 7.13. The molecule has 1 aromatic rings. The lowest BCUT2D eigenvalue weighted by Crippen LogP contribution is -2.53. The molecule has 22 heavy (non-hydrogen) atoms. The predicted octanol–water partition coefficient (Wildman–Crippen LogP) is 0.424. The summed E-state index contributed by atoms with van der Waals surface area (Å²) in [5, 5.41) is 0. The molecule has 0 saturated carbocycles. The fourth-order valence-corrected chi connectivity index (χ4v) is 1.99. The van der Waals surface area contributed by atoms with Crippen LogP contribution in [0.15, 0.2) is 30.3 Å². The molecule has 6 heteroatoms. The monoisotopic (exact) mass is 307 g/mol. The van der Waals surface area contributed by atoms with Crippen LogP contribution in [0.2, 0.25) is 0 Å². The molecule has 122 valence electrons. The molecule has 0 spiro atoms. The fourth-order valence-electron chi connectivity index (χ4n) is 1.99. The summed E-state index contributed by atoms with van der Waals surface area (Å²) in [6, 6.07) is 9.14. The summed E-state index contributed by atoms with van der Waals surface area (Å²) in [6.45, 7) is 2.30. The minimum absolute atomic E-state index is 0.0190. The van der Waals surface area contributed by atoms with Crippen molar-refractivity contribution in [3.8, 4) is 0 Å². The van der Waals surface area contributed by atoms with Crippen LogP contribution in [-0.2, 0) is 19.9 Å². The summed E-state index contributed by atoms with van der Waals surface area (Å²) in [4.78, 5) is 27.6. The Bertz CT molecular complexity index is 501. The standard InChI is InChI=1S/C16H25N3O3/c1-16(17,13-8-6-5-7-9-13)15(21)19(10-11-22-4)12-14(20)18(2)3/h5-9H,10-12,17H2,1-4H3. The normalized spacial score (nSPS) is 13.3. The van der Waals surface area contributed by atoms with Gasteiger partial charge in [0.15, 0.2) is 0 Å². The third-order valence-corrected chi connectivity index (χ3v) is 3.50. The first-order valence-electron chi connectivity index (χ1n) is 7.13. The molecule has 0 saturated heterocycles. The number of rotatable bonds is 7. The largest absolute Gasteiger partial charge is 0.383 e. The van der Waals surface area contributed by atoms with E-state index >= 15 is 0 Å². The summed E-state index contributed by atoms with van der Waals surface area (Å²) in [5.74, 6) is -0.459. The van der Waals surface area contributed by atoms with Crippen molar-refractivity contribution in [3.63, 3.8) is 0 Å². The van der Waals surface area contributed by atoms with E-state index in [9.17, 15) is 9.59 Å². The molecule has 0 aliphatic rings. The van der Waals surface area contributed by atoms with Gasteiger partial charge in [0.2, 0.25) is 11.8 Å². The fraction of sp³-hybridized carbons (Fsp3) is 0.500. The molecule has 0 fully saturated rings. The van der Waals surface area contributed by atoms with Gasteiger partial charge in [-0.3, -0.25) is 9.59 Å². The third-order valence-electron chi connectivity index (χ3n) is 3.50. The number of carbonyl (C=O) groups excluding carboxylic acids is 2. The van der Waals surface area contributed by atoms with Crippen molar-refractivity contribution in [1.82, 2.24) is 9.80 Å². The lowest BCUT2D eigenvalue weighted by molar-refractivity contribution is -0.143. The number of methoxy groups -OCH3 is 1. The van der Waals surface area contributed by atoms with E-state index < -0.39 is 5.54 Å².